The molecule has 2 heterocycles. The zero-order valence-electron chi connectivity index (χ0n) is 14.2. The molecule has 8 nitrogen and oxygen atoms in total. The number of carbonyl (C=O) groups excluding carboxylic acids is 1. The first-order valence-electron chi connectivity index (χ1n) is 7.89. The van der Waals surface area contributed by atoms with Crippen LogP contribution in [0.15, 0.2) is 30.6 Å². The number of hydrogen-bond acceptors (Lipinski definition) is 7. The molecule has 1 saturated heterocycles. The zero-order valence-corrected chi connectivity index (χ0v) is 14.2. The van der Waals surface area contributed by atoms with Crippen LogP contribution in [0.1, 0.15) is 10.4 Å². The van der Waals surface area contributed by atoms with Gasteiger partial charge >= 0.3 is 0 Å². The summed E-state index contributed by atoms with van der Waals surface area (Å²) in [5, 5.41) is 3.07. The number of morpholine rings is 1. The van der Waals surface area contributed by atoms with E-state index in [1.807, 2.05) is 6.07 Å². The predicted octanol–water partition coefficient (Wildman–Crippen LogP) is 1.71. The molecule has 1 aliphatic heterocycles. The maximum Gasteiger partial charge on any atom is 0.257 e. The molecule has 0 aliphatic carbocycles. The van der Waals surface area contributed by atoms with Crippen LogP contribution in [0.5, 0.6) is 11.5 Å². The zero-order chi connectivity index (χ0) is 17.6. The van der Waals surface area contributed by atoms with E-state index in [1.54, 1.807) is 31.3 Å². The van der Waals surface area contributed by atoms with Gasteiger partial charge in [0.05, 0.1) is 33.0 Å². The Balaban J connectivity index is 1.69. The molecule has 1 aromatic heterocycles. The molecule has 2 aromatic rings. The van der Waals surface area contributed by atoms with Crippen LogP contribution in [0.25, 0.3) is 0 Å². The number of aromatic nitrogens is 2. The Kier molecular flexibility index (Phi) is 5.30. The summed E-state index contributed by atoms with van der Waals surface area (Å²) in [6.45, 7) is 2.30. The second-order valence-electron chi connectivity index (χ2n) is 5.39. The maximum absolute atomic E-state index is 12.4. The first-order valence-corrected chi connectivity index (χ1v) is 7.89. The quantitative estimate of drug-likeness (QED) is 0.883. The number of nitrogens with zero attached hydrogens (tertiary/aromatic N) is 3. The van der Waals surface area contributed by atoms with E-state index in [4.69, 9.17) is 14.2 Å². The number of amides is 1. The largest absolute Gasteiger partial charge is 0.493 e. The Hall–Kier alpha value is -2.87. The van der Waals surface area contributed by atoms with Crippen molar-refractivity contribution in [2.45, 2.75) is 0 Å². The minimum absolute atomic E-state index is 0.0824. The maximum atomic E-state index is 12.4. The summed E-state index contributed by atoms with van der Waals surface area (Å²) in [7, 11) is 3.16. The minimum atomic E-state index is -0.0824. The smallest absolute Gasteiger partial charge is 0.257 e. The van der Waals surface area contributed by atoms with Crippen LogP contribution >= 0.6 is 0 Å². The van der Waals surface area contributed by atoms with Gasteiger partial charge in [0.25, 0.3) is 5.91 Å². The van der Waals surface area contributed by atoms with Gasteiger partial charge in [-0.05, 0) is 12.1 Å². The lowest BCUT2D eigenvalue weighted by Crippen LogP contribution is -2.40. The Morgan fingerprint density at radius 1 is 1.12 bits per heavy atom. The third-order valence-electron chi connectivity index (χ3n) is 3.84. The van der Waals surface area contributed by atoms with E-state index in [-0.39, 0.29) is 5.91 Å². The second kappa shape index (κ2) is 7.80. The van der Waals surface area contributed by atoms with Crippen molar-refractivity contribution in [3.63, 3.8) is 0 Å². The van der Waals surface area contributed by atoms with Crippen molar-refractivity contribution in [2.24, 2.45) is 0 Å². The Bertz CT molecular complexity index is 730. The van der Waals surface area contributed by atoms with Crippen LogP contribution in [-0.4, -0.2) is 61.3 Å². The van der Waals surface area contributed by atoms with Crippen molar-refractivity contribution in [3.05, 3.63) is 36.2 Å². The average molecular weight is 344 g/mol. The average Bonchev–Trinajstić information content (AvgIpc) is 2.68. The first kappa shape index (κ1) is 17.0. The highest BCUT2D eigenvalue weighted by Gasteiger charge is 2.19. The molecule has 1 amide bonds. The normalized spacial score (nSPS) is 14.1. The van der Waals surface area contributed by atoms with Gasteiger partial charge in [-0.1, -0.05) is 0 Å². The van der Waals surface area contributed by atoms with Crippen molar-refractivity contribution >= 4 is 17.5 Å². The lowest BCUT2D eigenvalue weighted by Gasteiger charge is -2.26. The van der Waals surface area contributed by atoms with E-state index < -0.39 is 0 Å². The van der Waals surface area contributed by atoms with Gasteiger partial charge in [-0.2, -0.15) is 0 Å². The highest BCUT2D eigenvalue weighted by molar-refractivity contribution is 5.93. The summed E-state index contributed by atoms with van der Waals surface area (Å²) in [4.78, 5) is 22.5. The van der Waals surface area contributed by atoms with Crippen LogP contribution in [0.2, 0.25) is 0 Å². The van der Waals surface area contributed by atoms with E-state index in [9.17, 15) is 4.79 Å². The van der Waals surface area contributed by atoms with Gasteiger partial charge in [-0.25, -0.2) is 9.97 Å². The summed E-state index contributed by atoms with van der Waals surface area (Å²) < 4.78 is 15.7. The van der Waals surface area contributed by atoms with Gasteiger partial charge in [-0.15, -0.1) is 0 Å². The van der Waals surface area contributed by atoms with Crippen LogP contribution in [-0.2, 0) is 4.74 Å². The van der Waals surface area contributed by atoms with Crippen LogP contribution in [0, 0.1) is 0 Å². The molecule has 0 bridgehead atoms. The summed E-state index contributed by atoms with van der Waals surface area (Å²) in [6.07, 6.45) is 3.04. The van der Waals surface area contributed by atoms with Crippen molar-refractivity contribution in [3.8, 4) is 11.5 Å². The van der Waals surface area contributed by atoms with Gasteiger partial charge < -0.3 is 24.4 Å². The molecule has 8 heteroatoms. The summed E-state index contributed by atoms with van der Waals surface area (Å²) in [5.74, 6) is 1.55. The molecule has 0 unspecified atom stereocenters. The number of benzene rings is 1. The van der Waals surface area contributed by atoms with E-state index in [0.717, 1.165) is 5.69 Å². The number of methoxy groups -OCH3 is 2. The SMILES string of the molecule is COc1ccc(Nc2ncc(C(=O)N3CCOCC3)cn2)cc1OC. The predicted molar refractivity (Wildman–Crippen MR) is 91.6 cm³/mol. The summed E-state index contributed by atoms with van der Waals surface area (Å²) in [5.41, 5.74) is 1.21. The number of anilines is 2. The Morgan fingerprint density at radius 2 is 1.80 bits per heavy atom. The topological polar surface area (TPSA) is 85.8 Å². The molecule has 0 radical (unpaired) electrons. The molecule has 1 aliphatic rings. The van der Waals surface area contributed by atoms with E-state index in [0.29, 0.717) is 49.3 Å². The number of carbonyl (C=O) groups is 1. The monoisotopic (exact) mass is 344 g/mol. The molecule has 3 rings (SSSR count). The number of ether oxygens (including phenoxy) is 3. The molecule has 1 fully saturated rings. The Labute approximate surface area is 145 Å². The fourth-order valence-electron chi connectivity index (χ4n) is 2.50. The van der Waals surface area contributed by atoms with Crippen molar-refractivity contribution in [1.29, 1.82) is 0 Å². The van der Waals surface area contributed by atoms with E-state index in [1.165, 1.54) is 12.4 Å². The van der Waals surface area contributed by atoms with Crippen molar-refractivity contribution < 1.29 is 19.0 Å². The lowest BCUT2D eigenvalue weighted by molar-refractivity contribution is 0.0302. The number of nitrogens with one attached hydrogen (secondary N) is 1. The molecule has 25 heavy (non-hydrogen) atoms. The second-order valence-corrected chi connectivity index (χ2v) is 5.39. The van der Waals surface area contributed by atoms with Gasteiger partial charge in [0.2, 0.25) is 5.95 Å². The highest BCUT2D eigenvalue weighted by Crippen LogP contribution is 2.30. The summed E-state index contributed by atoms with van der Waals surface area (Å²) >= 11 is 0. The fourth-order valence-corrected chi connectivity index (χ4v) is 2.50. The molecule has 132 valence electrons. The molecular weight excluding hydrogens is 324 g/mol. The first-order chi connectivity index (χ1) is 12.2. The van der Waals surface area contributed by atoms with Gasteiger partial charge in [0.1, 0.15) is 0 Å². The van der Waals surface area contributed by atoms with Gasteiger partial charge in [0, 0.05) is 37.2 Å². The summed E-state index contributed by atoms with van der Waals surface area (Å²) in [6, 6.07) is 5.41. The molecule has 1 aromatic carbocycles. The number of hydrogen-bond donors (Lipinski definition) is 1. The standard InChI is InChI=1S/C17H20N4O4/c1-23-14-4-3-13(9-15(14)24-2)20-17-18-10-12(11-19-17)16(22)21-5-7-25-8-6-21/h3-4,9-11H,5-8H2,1-2H3,(H,18,19,20). The van der Waals surface area contributed by atoms with Gasteiger partial charge in [0.15, 0.2) is 11.5 Å². The van der Waals surface area contributed by atoms with E-state index >= 15 is 0 Å². The Morgan fingerprint density at radius 3 is 2.44 bits per heavy atom. The lowest BCUT2D eigenvalue weighted by atomic mass is 10.2. The van der Waals surface area contributed by atoms with Crippen LogP contribution < -0.4 is 14.8 Å². The molecule has 1 N–H and O–H groups in total. The fraction of sp³-hybridized carbons (Fsp3) is 0.353. The number of rotatable bonds is 5. The molecule has 0 saturated carbocycles. The van der Waals surface area contributed by atoms with Crippen molar-refractivity contribution in [1.82, 2.24) is 14.9 Å². The minimum Gasteiger partial charge on any atom is -0.493 e. The third-order valence-corrected chi connectivity index (χ3v) is 3.84. The van der Waals surface area contributed by atoms with Crippen LogP contribution in [0.3, 0.4) is 0 Å². The molecule has 0 spiro atoms. The van der Waals surface area contributed by atoms with Crippen molar-refractivity contribution in [2.75, 3.05) is 45.8 Å². The van der Waals surface area contributed by atoms with E-state index in [2.05, 4.69) is 15.3 Å². The molecular formula is C17H20N4O4. The highest BCUT2D eigenvalue weighted by atomic mass is 16.5. The third kappa shape index (κ3) is 3.97. The van der Waals surface area contributed by atoms with Crippen LogP contribution in [0.4, 0.5) is 11.6 Å². The molecule has 0 atom stereocenters. The van der Waals surface area contributed by atoms with Gasteiger partial charge in [-0.3, -0.25) is 4.79 Å².